The first-order chi connectivity index (χ1) is 17.4. The minimum absolute atomic E-state index is 0.0740. The maximum atomic E-state index is 13.0. The van der Waals surface area contributed by atoms with Crippen molar-refractivity contribution in [3.05, 3.63) is 51.9 Å². The molecule has 0 saturated heterocycles. The summed E-state index contributed by atoms with van der Waals surface area (Å²) in [5.41, 5.74) is 7.43. The molecule has 9 N–H and O–H groups in total. The lowest BCUT2D eigenvalue weighted by molar-refractivity contribution is -0.138. The van der Waals surface area contributed by atoms with E-state index in [1.807, 2.05) is 31.2 Å². The number of nitrogens with one attached hydrogen (secondary N) is 2. The number of phenols is 4. The Balaban J connectivity index is 1.54. The molecular weight excluding hydrogens is 522 g/mol. The van der Waals surface area contributed by atoms with Crippen LogP contribution in [0.15, 0.2) is 35.2 Å². The van der Waals surface area contributed by atoms with Crippen LogP contribution in [0.1, 0.15) is 23.1 Å². The Labute approximate surface area is 215 Å². The molecule has 2 heterocycles. The highest BCUT2D eigenvalue weighted by atomic mass is 32.3. The van der Waals surface area contributed by atoms with E-state index in [4.69, 9.17) is 5.73 Å². The molecule has 4 rings (SSSR count). The number of aliphatic carboxylic acids is 1. The third-order valence-electron chi connectivity index (χ3n) is 5.78. The zero-order valence-electron chi connectivity index (χ0n) is 19.3. The van der Waals surface area contributed by atoms with E-state index in [1.54, 1.807) is 6.08 Å². The number of benzene rings is 2. The van der Waals surface area contributed by atoms with Gasteiger partial charge in [-0.15, -0.1) is 0 Å². The van der Waals surface area contributed by atoms with Gasteiger partial charge in [-0.2, -0.15) is 4.72 Å². The van der Waals surface area contributed by atoms with Crippen molar-refractivity contribution in [1.29, 1.82) is 0 Å². The topological polar surface area (TPSA) is 206 Å². The maximum Gasteiger partial charge on any atom is 0.322 e. The Morgan fingerprint density at radius 2 is 1.78 bits per heavy atom. The normalized spacial score (nSPS) is 16.2. The summed E-state index contributed by atoms with van der Waals surface area (Å²) in [7, 11) is -4.17. The molecule has 1 aliphatic rings. The van der Waals surface area contributed by atoms with Gasteiger partial charge in [0.2, 0.25) is 21.5 Å². The fraction of sp³-hybridized carbons (Fsp3) is 0.208. The molecule has 0 radical (unpaired) electrons. The predicted octanol–water partition coefficient (Wildman–Crippen LogP) is 2.19. The van der Waals surface area contributed by atoms with E-state index in [9.17, 15) is 38.7 Å². The van der Waals surface area contributed by atoms with Gasteiger partial charge >= 0.3 is 5.97 Å². The van der Waals surface area contributed by atoms with Crippen molar-refractivity contribution >= 4 is 44.5 Å². The molecule has 0 amide bonds. The third kappa shape index (κ3) is 5.12. The molecule has 2 unspecified atom stereocenters. The van der Waals surface area contributed by atoms with Gasteiger partial charge in [0.15, 0.2) is 11.5 Å². The van der Waals surface area contributed by atoms with Crippen molar-refractivity contribution < 1.29 is 38.7 Å². The molecule has 0 spiro atoms. The zero-order valence-corrected chi connectivity index (χ0v) is 20.9. The molecule has 0 saturated carbocycles. The van der Waals surface area contributed by atoms with Crippen LogP contribution in [0.3, 0.4) is 0 Å². The number of nitrogens with two attached hydrogens (primary N) is 1. The largest absolute Gasteiger partial charge is 0.504 e. The SMILES string of the molecule is Cc1ccc(C#CC2=CCC(S(=O)(=O)NC(Cc3c(N)[nH]c4c(O)c(O)c(O)c(O)c34)C(=O)O)S2)cc1. The number of carbonyl (C=O) groups is 1. The number of hydrogen-bond donors (Lipinski definition) is 8. The van der Waals surface area contributed by atoms with Gasteiger partial charge in [0, 0.05) is 17.5 Å². The Hall–Kier alpha value is -3.99. The molecule has 13 heteroatoms. The molecule has 11 nitrogen and oxygen atoms in total. The third-order valence-corrected chi connectivity index (χ3v) is 9.30. The Morgan fingerprint density at radius 3 is 2.43 bits per heavy atom. The monoisotopic (exact) mass is 545 g/mol. The summed E-state index contributed by atoms with van der Waals surface area (Å²) in [6.45, 7) is 1.95. The van der Waals surface area contributed by atoms with Crippen molar-refractivity contribution in [1.82, 2.24) is 9.71 Å². The van der Waals surface area contributed by atoms with Gasteiger partial charge in [-0.3, -0.25) is 4.79 Å². The number of sulfonamides is 1. The summed E-state index contributed by atoms with van der Waals surface area (Å²) in [6.07, 6.45) is 1.24. The highest BCUT2D eigenvalue weighted by Crippen LogP contribution is 2.50. The van der Waals surface area contributed by atoms with Gasteiger partial charge in [0.05, 0.1) is 15.8 Å². The number of carboxylic acids is 1. The lowest BCUT2D eigenvalue weighted by Gasteiger charge is -2.18. The molecule has 0 aliphatic carbocycles. The van der Waals surface area contributed by atoms with E-state index in [0.29, 0.717) is 4.91 Å². The molecule has 1 aliphatic heterocycles. The van der Waals surface area contributed by atoms with Crippen molar-refractivity contribution in [2.75, 3.05) is 5.73 Å². The molecule has 2 aromatic carbocycles. The van der Waals surface area contributed by atoms with Gasteiger partial charge < -0.3 is 36.3 Å². The smallest absolute Gasteiger partial charge is 0.322 e. The summed E-state index contributed by atoms with van der Waals surface area (Å²) in [5, 5.41) is 49.5. The van der Waals surface area contributed by atoms with E-state index in [0.717, 1.165) is 22.9 Å². The number of phenolic OH excluding ortho intramolecular Hbond substituents is 4. The highest BCUT2D eigenvalue weighted by molar-refractivity contribution is 8.15. The van der Waals surface area contributed by atoms with E-state index >= 15 is 0 Å². The van der Waals surface area contributed by atoms with Crippen molar-refractivity contribution in [2.24, 2.45) is 0 Å². The van der Waals surface area contributed by atoms with Crippen LogP contribution < -0.4 is 10.5 Å². The number of aryl methyl sites for hydroxylation is 1. The van der Waals surface area contributed by atoms with Crippen LogP contribution in [0.5, 0.6) is 23.0 Å². The summed E-state index contributed by atoms with van der Waals surface area (Å²) in [4.78, 5) is 15.0. The molecule has 1 aromatic heterocycles. The number of H-pyrrole nitrogens is 1. The van der Waals surface area contributed by atoms with Crippen LogP contribution in [0, 0.1) is 18.8 Å². The second-order valence-corrected chi connectivity index (χ2v) is 11.8. The summed E-state index contributed by atoms with van der Waals surface area (Å²) in [5.74, 6) is 0.484. The minimum Gasteiger partial charge on any atom is -0.504 e. The van der Waals surface area contributed by atoms with Crippen LogP contribution >= 0.6 is 11.8 Å². The number of aromatic nitrogens is 1. The van der Waals surface area contributed by atoms with Crippen LogP contribution in [0.25, 0.3) is 10.9 Å². The molecular formula is C24H23N3O8S2. The fourth-order valence-corrected chi connectivity index (χ4v) is 6.65. The Morgan fingerprint density at radius 1 is 1.14 bits per heavy atom. The minimum atomic E-state index is -4.17. The number of allylic oxidation sites excluding steroid dienone is 2. The van der Waals surface area contributed by atoms with E-state index < -0.39 is 56.0 Å². The maximum absolute atomic E-state index is 13.0. The molecule has 3 aromatic rings. The summed E-state index contributed by atoms with van der Waals surface area (Å²) < 4.78 is 27.2. The number of fused-ring (bicyclic) bond motifs is 1. The van der Waals surface area contributed by atoms with E-state index in [-0.39, 0.29) is 28.7 Å². The van der Waals surface area contributed by atoms with Gasteiger partial charge in [0.1, 0.15) is 16.4 Å². The first-order valence-corrected chi connectivity index (χ1v) is 13.3. The number of aromatic amines is 1. The molecule has 0 fully saturated rings. The van der Waals surface area contributed by atoms with Crippen LogP contribution in [0.2, 0.25) is 0 Å². The number of rotatable bonds is 6. The fourth-order valence-electron chi connectivity index (χ4n) is 3.81. The van der Waals surface area contributed by atoms with Crippen molar-refractivity contribution in [2.45, 2.75) is 30.4 Å². The second kappa shape index (κ2) is 9.81. The average molecular weight is 546 g/mol. The Bertz CT molecular complexity index is 1600. The van der Waals surface area contributed by atoms with Crippen LogP contribution in [-0.4, -0.2) is 55.5 Å². The van der Waals surface area contributed by atoms with E-state index in [1.165, 1.54) is 0 Å². The number of anilines is 1. The summed E-state index contributed by atoms with van der Waals surface area (Å²) in [6, 6.07) is 5.83. The van der Waals surface area contributed by atoms with Crippen LogP contribution in [-0.2, 0) is 21.2 Å². The summed E-state index contributed by atoms with van der Waals surface area (Å²) >= 11 is 0.995. The number of aromatic hydroxyl groups is 4. The number of nitrogen functional groups attached to an aromatic ring is 1. The predicted molar refractivity (Wildman–Crippen MR) is 139 cm³/mol. The first kappa shape index (κ1) is 26.1. The lowest BCUT2D eigenvalue weighted by Crippen LogP contribution is -2.45. The zero-order chi connectivity index (χ0) is 27.1. The van der Waals surface area contributed by atoms with Gasteiger partial charge in [-0.1, -0.05) is 47.4 Å². The quantitative estimate of drug-likeness (QED) is 0.129. The first-order valence-electron chi connectivity index (χ1n) is 10.8. The molecule has 2 atom stereocenters. The van der Waals surface area contributed by atoms with Crippen LogP contribution in [0.4, 0.5) is 5.82 Å². The number of hydrogen-bond acceptors (Lipinski definition) is 9. The van der Waals surface area contributed by atoms with Gasteiger partial charge in [-0.25, -0.2) is 8.42 Å². The van der Waals surface area contributed by atoms with Crippen molar-refractivity contribution in [3.8, 4) is 34.8 Å². The standard InChI is InChI=1S/C24H23N3O8S2/c1-11-2-4-12(5-3-11)6-7-13-8-9-16(36-13)37(34,35)27-15(24(32)33)10-14-17-18(26-23(14)25)20(29)22(31)21(30)19(17)28/h2-5,8,15-16,26-31H,9-10,25H2,1H3,(H,32,33). The average Bonchev–Trinajstić information content (AvgIpc) is 3.46. The van der Waals surface area contributed by atoms with Crippen molar-refractivity contribution in [3.63, 3.8) is 0 Å². The number of thioether (sulfide) groups is 1. The second-order valence-electron chi connectivity index (χ2n) is 8.39. The molecule has 194 valence electrons. The lowest BCUT2D eigenvalue weighted by atomic mass is 10.0. The Kier molecular flexibility index (Phi) is 6.92. The van der Waals surface area contributed by atoms with Gasteiger partial charge in [-0.05, 0) is 25.5 Å². The molecule has 37 heavy (non-hydrogen) atoms. The molecule has 0 bridgehead atoms. The van der Waals surface area contributed by atoms with E-state index in [2.05, 4.69) is 21.5 Å². The van der Waals surface area contributed by atoms with Gasteiger partial charge in [0.25, 0.3) is 0 Å². The number of carboxylic acid groups (broad SMARTS) is 1. The highest BCUT2D eigenvalue weighted by Gasteiger charge is 2.35.